The van der Waals surface area contributed by atoms with E-state index in [2.05, 4.69) is 39.8 Å². The number of thiazole rings is 1. The lowest BCUT2D eigenvalue weighted by Gasteiger charge is -2.12. The minimum atomic E-state index is -0.922. The van der Waals surface area contributed by atoms with Crippen molar-refractivity contribution < 1.29 is 13.5 Å². The first-order valence-corrected chi connectivity index (χ1v) is 9.42. The lowest BCUT2D eigenvalue weighted by atomic mass is 10.2. The zero-order valence-electron chi connectivity index (χ0n) is 15.2. The molecule has 5 nitrogen and oxygen atoms in total. The van der Waals surface area contributed by atoms with Crippen molar-refractivity contribution in [1.29, 1.82) is 0 Å². The zero-order chi connectivity index (χ0) is 18.9. The highest BCUT2D eigenvalue weighted by molar-refractivity contribution is 7.09. The van der Waals surface area contributed by atoms with Crippen LogP contribution in [0.1, 0.15) is 37.4 Å². The topological polar surface area (TPSA) is 58.5 Å². The molecule has 26 heavy (non-hydrogen) atoms. The molecule has 0 spiro atoms. The van der Waals surface area contributed by atoms with E-state index in [1.807, 2.05) is 6.92 Å². The van der Waals surface area contributed by atoms with E-state index in [0.717, 1.165) is 29.4 Å². The number of hydrogen-bond acceptors (Lipinski definition) is 4. The Morgan fingerprint density at radius 2 is 2.08 bits per heavy atom. The van der Waals surface area contributed by atoms with Gasteiger partial charge in [0.25, 0.3) is 0 Å². The molecule has 2 N–H and O–H groups in total. The first-order chi connectivity index (χ1) is 12.5. The summed E-state index contributed by atoms with van der Waals surface area (Å²) in [7, 11) is 0. The molecule has 0 aliphatic rings. The molecule has 142 valence electrons. The van der Waals surface area contributed by atoms with Crippen molar-refractivity contribution in [2.75, 3.05) is 19.7 Å². The molecule has 1 heterocycles. The summed E-state index contributed by atoms with van der Waals surface area (Å²) in [6, 6.07) is 3.47. The van der Waals surface area contributed by atoms with Gasteiger partial charge in [-0.25, -0.2) is 18.8 Å². The molecular formula is C18H24F2N4OS. The molecular weight excluding hydrogens is 358 g/mol. The maximum absolute atomic E-state index is 13.1. The normalized spacial score (nSPS) is 11.7. The van der Waals surface area contributed by atoms with Crippen molar-refractivity contribution in [2.45, 2.75) is 33.2 Å². The molecule has 0 aliphatic heterocycles. The SMILES string of the molecule is CCNC(=NCc1nc(C(C)C)cs1)NCCOc1ccc(F)c(F)c1. The van der Waals surface area contributed by atoms with Gasteiger partial charge in [0, 0.05) is 18.0 Å². The van der Waals surface area contributed by atoms with Crippen LogP contribution in [-0.4, -0.2) is 30.6 Å². The van der Waals surface area contributed by atoms with Gasteiger partial charge in [0.05, 0.1) is 18.8 Å². The minimum Gasteiger partial charge on any atom is -0.492 e. The van der Waals surface area contributed by atoms with Gasteiger partial charge in [0.1, 0.15) is 17.4 Å². The number of ether oxygens (including phenoxy) is 1. The molecule has 8 heteroatoms. The summed E-state index contributed by atoms with van der Waals surface area (Å²) in [6.07, 6.45) is 0. The first kappa shape index (κ1) is 20.1. The minimum absolute atomic E-state index is 0.289. The van der Waals surface area contributed by atoms with Crippen LogP contribution in [0.4, 0.5) is 8.78 Å². The summed E-state index contributed by atoms with van der Waals surface area (Å²) in [5, 5.41) is 9.31. The standard InChI is InChI=1S/C18H24F2N4OS/c1-4-21-18(23-10-17-24-16(11-26-17)12(2)3)22-7-8-25-13-5-6-14(19)15(20)9-13/h5-6,9,11-12H,4,7-8,10H2,1-3H3,(H2,21,22,23). The Balaban J connectivity index is 1.81. The predicted octanol–water partition coefficient (Wildman–Crippen LogP) is 3.68. The molecule has 2 aromatic rings. The first-order valence-electron chi connectivity index (χ1n) is 8.54. The molecule has 0 saturated carbocycles. The molecule has 0 amide bonds. The molecule has 0 bridgehead atoms. The van der Waals surface area contributed by atoms with Crippen molar-refractivity contribution in [1.82, 2.24) is 15.6 Å². The summed E-state index contributed by atoms with van der Waals surface area (Å²) < 4.78 is 31.4. The summed E-state index contributed by atoms with van der Waals surface area (Å²) >= 11 is 1.60. The molecule has 0 saturated heterocycles. The van der Waals surface area contributed by atoms with Crippen molar-refractivity contribution in [3.05, 3.63) is 45.9 Å². The molecule has 1 aromatic carbocycles. The Hall–Kier alpha value is -2.22. The molecule has 0 radical (unpaired) electrons. The maximum atomic E-state index is 13.1. The Kier molecular flexibility index (Phi) is 7.77. The van der Waals surface area contributed by atoms with Gasteiger partial charge in [-0.15, -0.1) is 11.3 Å². The van der Waals surface area contributed by atoms with Crippen LogP contribution >= 0.6 is 11.3 Å². The number of nitrogens with one attached hydrogen (secondary N) is 2. The quantitative estimate of drug-likeness (QED) is 0.415. The molecule has 0 unspecified atom stereocenters. The Morgan fingerprint density at radius 3 is 2.73 bits per heavy atom. The lowest BCUT2D eigenvalue weighted by molar-refractivity contribution is 0.318. The summed E-state index contributed by atoms with van der Waals surface area (Å²) in [5.74, 6) is -0.461. The summed E-state index contributed by atoms with van der Waals surface area (Å²) in [6.45, 7) is 8.20. The number of aliphatic imine (C=N–C) groups is 1. The highest BCUT2D eigenvalue weighted by atomic mass is 32.1. The zero-order valence-corrected chi connectivity index (χ0v) is 16.0. The fraction of sp³-hybridized carbons (Fsp3) is 0.444. The van der Waals surface area contributed by atoms with E-state index in [1.165, 1.54) is 6.07 Å². The number of nitrogens with zero attached hydrogens (tertiary/aromatic N) is 2. The highest BCUT2D eigenvalue weighted by Crippen LogP contribution is 2.18. The fourth-order valence-electron chi connectivity index (χ4n) is 2.06. The van der Waals surface area contributed by atoms with Crippen molar-refractivity contribution in [2.24, 2.45) is 4.99 Å². The largest absolute Gasteiger partial charge is 0.492 e. The average molecular weight is 382 g/mol. The molecule has 1 aromatic heterocycles. The monoisotopic (exact) mass is 382 g/mol. The van der Waals surface area contributed by atoms with E-state index in [4.69, 9.17) is 4.74 Å². The van der Waals surface area contributed by atoms with Crippen LogP contribution in [-0.2, 0) is 6.54 Å². The lowest BCUT2D eigenvalue weighted by Crippen LogP contribution is -2.39. The maximum Gasteiger partial charge on any atom is 0.191 e. The van der Waals surface area contributed by atoms with Crippen LogP contribution in [0.15, 0.2) is 28.6 Å². The van der Waals surface area contributed by atoms with Crippen LogP contribution in [0.25, 0.3) is 0 Å². The third-order valence-corrected chi connectivity index (χ3v) is 4.28. The van der Waals surface area contributed by atoms with Crippen molar-refractivity contribution in [3.63, 3.8) is 0 Å². The number of rotatable bonds is 8. The second-order valence-electron chi connectivity index (χ2n) is 5.87. The molecule has 0 atom stereocenters. The average Bonchev–Trinajstić information content (AvgIpc) is 3.09. The second kappa shape index (κ2) is 10.1. The summed E-state index contributed by atoms with van der Waals surface area (Å²) in [5.41, 5.74) is 1.08. The van der Waals surface area contributed by atoms with Gasteiger partial charge in [-0.2, -0.15) is 0 Å². The molecule has 0 fully saturated rings. The smallest absolute Gasteiger partial charge is 0.191 e. The Labute approximate surface area is 156 Å². The van der Waals surface area contributed by atoms with Gasteiger partial charge < -0.3 is 15.4 Å². The van der Waals surface area contributed by atoms with E-state index < -0.39 is 11.6 Å². The van der Waals surface area contributed by atoms with Gasteiger partial charge >= 0.3 is 0 Å². The van der Waals surface area contributed by atoms with E-state index >= 15 is 0 Å². The fourth-order valence-corrected chi connectivity index (χ4v) is 2.94. The summed E-state index contributed by atoms with van der Waals surface area (Å²) in [4.78, 5) is 9.06. The van der Waals surface area contributed by atoms with Crippen LogP contribution in [0.2, 0.25) is 0 Å². The van der Waals surface area contributed by atoms with Crippen molar-refractivity contribution in [3.8, 4) is 5.75 Å². The van der Waals surface area contributed by atoms with Crippen molar-refractivity contribution >= 4 is 17.3 Å². The van der Waals surface area contributed by atoms with Gasteiger partial charge in [-0.05, 0) is 25.0 Å². The Bertz CT molecular complexity index is 734. The van der Waals surface area contributed by atoms with Gasteiger partial charge in [0.2, 0.25) is 0 Å². The van der Waals surface area contributed by atoms with Crippen LogP contribution in [0.5, 0.6) is 5.75 Å². The van der Waals surface area contributed by atoms with E-state index in [9.17, 15) is 8.78 Å². The third kappa shape index (κ3) is 6.25. The number of halogens is 2. The highest BCUT2D eigenvalue weighted by Gasteiger charge is 2.06. The van der Waals surface area contributed by atoms with E-state index in [0.29, 0.717) is 31.6 Å². The van der Waals surface area contributed by atoms with Crippen LogP contribution < -0.4 is 15.4 Å². The van der Waals surface area contributed by atoms with Gasteiger partial charge in [0.15, 0.2) is 17.6 Å². The number of aromatic nitrogens is 1. The third-order valence-electron chi connectivity index (χ3n) is 3.43. The van der Waals surface area contributed by atoms with Crippen LogP contribution in [0, 0.1) is 11.6 Å². The van der Waals surface area contributed by atoms with Gasteiger partial charge in [-0.3, -0.25) is 0 Å². The van der Waals surface area contributed by atoms with E-state index in [-0.39, 0.29) is 5.75 Å². The number of guanidine groups is 1. The number of benzene rings is 1. The number of hydrogen-bond donors (Lipinski definition) is 2. The predicted molar refractivity (Wildman–Crippen MR) is 101 cm³/mol. The second-order valence-corrected chi connectivity index (χ2v) is 6.81. The molecule has 2 rings (SSSR count). The van der Waals surface area contributed by atoms with Crippen LogP contribution in [0.3, 0.4) is 0 Å². The van der Waals surface area contributed by atoms with Gasteiger partial charge in [-0.1, -0.05) is 13.8 Å². The molecule has 0 aliphatic carbocycles. The van der Waals surface area contributed by atoms with E-state index in [1.54, 1.807) is 11.3 Å². The Morgan fingerprint density at radius 1 is 1.27 bits per heavy atom.